The van der Waals surface area contributed by atoms with Crippen molar-refractivity contribution in [2.24, 2.45) is 21.7 Å². The molecule has 0 fully saturated rings. The normalized spacial score (nSPS) is 11.6. The summed E-state index contributed by atoms with van der Waals surface area (Å²) < 4.78 is 0. The molecule has 0 unspecified atom stereocenters. The summed E-state index contributed by atoms with van der Waals surface area (Å²) in [5, 5.41) is 33.6. The molecule has 0 rings (SSSR count). The van der Waals surface area contributed by atoms with Crippen LogP contribution in [0, 0.1) is 21.7 Å². The molecule has 4 N–H and O–H groups in total. The van der Waals surface area contributed by atoms with Gasteiger partial charge in [-0.15, -0.1) is 0 Å². The number of rotatable bonds is 4. The van der Waals surface area contributed by atoms with Gasteiger partial charge >= 0.3 is 0 Å². The van der Waals surface area contributed by atoms with Gasteiger partial charge in [0.1, 0.15) is 0 Å². The minimum absolute atomic E-state index is 0. The summed E-state index contributed by atoms with van der Waals surface area (Å²) in [5.41, 5.74) is 1.20. The molecule has 0 aliphatic rings. The van der Waals surface area contributed by atoms with E-state index in [1.165, 1.54) is 0 Å². The summed E-state index contributed by atoms with van der Waals surface area (Å²) in [7, 11) is 0. The third-order valence-corrected chi connectivity index (χ3v) is 3.45. The van der Waals surface area contributed by atoms with Crippen molar-refractivity contribution in [2.75, 3.05) is 26.4 Å². The Morgan fingerprint density at radius 1 is 0.345 bits per heavy atom. The van der Waals surface area contributed by atoms with Crippen LogP contribution in [0.3, 0.4) is 0 Å². The zero-order valence-electron chi connectivity index (χ0n) is 21.9. The molecule has 0 saturated heterocycles. The molecule has 29 heavy (non-hydrogen) atoms. The van der Waals surface area contributed by atoms with Crippen molar-refractivity contribution in [2.45, 2.75) is 109 Å². The van der Waals surface area contributed by atoms with Crippen molar-refractivity contribution in [3.63, 3.8) is 0 Å². The first-order valence-corrected chi connectivity index (χ1v) is 10.7. The predicted molar refractivity (Wildman–Crippen MR) is 125 cm³/mol. The van der Waals surface area contributed by atoms with Gasteiger partial charge in [-0.1, -0.05) is 83.1 Å². The van der Waals surface area contributed by atoms with Gasteiger partial charge in [-0.2, -0.15) is 0 Å². The monoisotopic (exact) mass is 498 g/mol. The summed E-state index contributed by atoms with van der Waals surface area (Å²) in [6.45, 7) is 26.6. The van der Waals surface area contributed by atoms with Crippen molar-refractivity contribution in [3.05, 3.63) is 0 Å². The van der Waals surface area contributed by atoms with E-state index in [0.717, 1.165) is 25.7 Å². The van der Waals surface area contributed by atoms with Gasteiger partial charge in [0.25, 0.3) is 0 Å². The van der Waals surface area contributed by atoms with Gasteiger partial charge in [0.2, 0.25) is 0 Å². The van der Waals surface area contributed by atoms with Gasteiger partial charge in [0.15, 0.2) is 0 Å². The standard InChI is InChI=1S/4C6H14O.Zr/c4*1-6(2,3)4-5-7;/h4*7H,4-5H2,1-3H3;. The van der Waals surface area contributed by atoms with Crippen LogP contribution < -0.4 is 0 Å². The predicted octanol–water partition coefficient (Wildman–Crippen LogP) is 5.66. The van der Waals surface area contributed by atoms with Gasteiger partial charge < -0.3 is 20.4 Å². The van der Waals surface area contributed by atoms with E-state index in [1.807, 2.05) is 0 Å². The van der Waals surface area contributed by atoms with E-state index in [-0.39, 0.29) is 26.2 Å². The van der Waals surface area contributed by atoms with Crippen LogP contribution in [0.5, 0.6) is 0 Å². The maximum atomic E-state index is 8.40. The Morgan fingerprint density at radius 3 is 0.448 bits per heavy atom. The summed E-state index contributed by atoms with van der Waals surface area (Å²) in [5.74, 6) is 0. The largest absolute Gasteiger partial charge is 0.396 e. The number of hydrogen-bond donors (Lipinski definition) is 4. The number of aliphatic hydroxyl groups excluding tert-OH is 4. The van der Waals surface area contributed by atoms with Crippen LogP contribution in [-0.4, -0.2) is 46.9 Å². The van der Waals surface area contributed by atoms with Crippen molar-refractivity contribution in [1.82, 2.24) is 0 Å². The van der Waals surface area contributed by atoms with Crippen LogP contribution in [0.25, 0.3) is 0 Å². The molecule has 0 aliphatic heterocycles. The summed E-state index contributed by atoms with van der Waals surface area (Å²) in [4.78, 5) is 0. The zero-order valence-corrected chi connectivity index (χ0v) is 24.4. The average molecular weight is 500 g/mol. The van der Waals surface area contributed by atoms with Gasteiger partial charge in [-0.25, -0.2) is 0 Å². The molecule has 0 amide bonds. The maximum absolute atomic E-state index is 8.40. The fraction of sp³-hybridized carbons (Fsp3) is 1.00. The number of aliphatic hydroxyl groups is 4. The van der Waals surface area contributed by atoms with Crippen LogP contribution in [0.4, 0.5) is 0 Å². The first kappa shape index (κ1) is 40.1. The first-order chi connectivity index (χ1) is 12.2. The van der Waals surface area contributed by atoms with Gasteiger partial charge in [0, 0.05) is 52.6 Å². The maximum Gasteiger partial charge on any atom is 0.0436 e. The molecule has 0 heterocycles. The van der Waals surface area contributed by atoms with Gasteiger partial charge in [-0.05, 0) is 47.3 Å². The molecule has 0 aromatic rings. The Kier molecular flexibility index (Phi) is 28.5. The van der Waals surface area contributed by atoms with Crippen LogP contribution in [-0.2, 0) is 26.2 Å². The van der Waals surface area contributed by atoms with Crippen LogP contribution in [0.1, 0.15) is 109 Å². The molecule has 0 aliphatic carbocycles. The number of hydrogen-bond acceptors (Lipinski definition) is 4. The van der Waals surface area contributed by atoms with E-state index in [0.29, 0.717) is 48.1 Å². The second-order valence-corrected chi connectivity index (χ2v) is 12.1. The molecular formula is C24H56O4Zr. The Bertz CT molecular complexity index is 241. The van der Waals surface area contributed by atoms with Crippen molar-refractivity contribution in [1.29, 1.82) is 0 Å². The molecular weight excluding hydrogens is 443 g/mol. The SMILES string of the molecule is CC(C)(C)CCO.CC(C)(C)CCO.CC(C)(C)CCO.CC(C)(C)CCO.[Zr]. The summed E-state index contributed by atoms with van der Waals surface area (Å²) in [6, 6.07) is 0. The quantitative estimate of drug-likeness (QED) is 0.402. The molecule has 0 radical (unpaired) electrons. The molecule has 0 bridgehead atoms. The Labute approximate surface area is 203 Å². The van der Waals surface area contributed by atoms with Crippen molar-refractivity contribution in [3.8, 4) is 0 Å². The van der Waals surface area contributed by atoms with E-state index in [9.17, 15) is 0 Å². The third kappa shape index (κ3) is 73.3. The molecule has 0 saturated carbocycles. The molecule has 0 spiro atoms. The smallest absolute Gasteiger partial charge is 0.0436 e. The second kappa shape index (κ2) is 20.6. The molecule has 0 atom stereocenters. The van der Waals surface area contributed by atoms with Gasteiger partial charge in [-0.3, -0.25) is 0 Å². The van der Waals surface area contributed by atoms with Gasteiger partial charge in [0.05, 0.1) is 0 Å². The minimum Gasteiger partial charge on any atom is -0.396 e. The van der Waals surface area contributed by atoms with Crippen LogP contribution in [0.2, 0.25) is 0 Å². The average Bonchev–Trinajstić information content (AvgIpc) is 2.34. The van der Waals surface area contributed by atoms with Crippen molar-refractivity contribution < 1.29 is 46.6 Å². The fourth-order valence-corrected chi connectivity index (χ4v) is 1.34. The second-order valence-electron chi connectivity index (χ2n) is 12.1. The van der Waals surface area contributed by atoms with E-state index >= 15 is 0 Å². The third-order valence-electron chi connectivity index (χ3n) is 3.45. The van der Waals surface area contributed by atoms with Crippen molar-refractivity contribution >= 4 is 0 Å². The van der Waals surface area contributed by atoms with E-state index in [2.05, 4.69) is 83.1 Å². The van der Waals surface area contributed by atoms with Crippen LogP contribution in [0.15, 0.2) is 0 Å². The van der Waals surface area contributed by atoms with Crippen LogP contribution >= 0.6 is 0 Å². The molecule has 5 heteroatoms. The zero-order chi connectivity index (χ0) is 23.7. The van der Waals surface area contributed by atoms with E-state index in [4.69, 9.17) is 20.4 Å². The molecule has 180 valence electrons. The Hall–Kier alpha value is 0.723. The Morgan fingerprint density at radius 2 is 0.448 bits per heavy atom. The first-order valence-electron chi connectivity index (χ1n) is 10.7. The minimum atomic E-state index is 0. The fourth-order valence-electron chi connectivity index (χ4n) is 1.34. The summed E-state index contributed by atoms with van der Waals surface area (Å²) in [6.07, 6.45) is 3.58. The molecule has 0 aromatic heterocycles. The van der Waals surface area contributed by atoms with E-state index in [1.54, 1.807) is 0 Å². The Balaban J connectivity index is -0.0000000873. The topological polar surface area (TPSA) is 80.9 Å². The summed E-state index contributed by atoms with van der Waals surface area (Å²) >= 11 is 0. The van der Waals surface area contributed by atoms with E-state index < -0.39 is 0 Å². The molecule has 0 aromatic carbocycles. The molecule has 4 nitrogen and oxygen atoms in total.